The predicted octanol–water partition coefficient (Wildman–Crippen LogP) is 2.83. The van der Waals surface area contributed by atoms with Crippen LogP contribution in [0.5, 0.6) is 0 Å². The van der Waals surface area contributed by atoms with Gasteiger partial charge in [0.05, 0.1) is 6.61 Å². The zero-order valence-corrected chi connectivity index (χ0v) is 12.4. The van der Waals surface area contributed by atoms with Crippen LogP contribution in [-0.4, -0.2) is 36.6 Å². The highest BCUT2D eigenvalue weighted by molar-refractivity contribution is 7.80. The average Bonchev–Trinajstić information content (AvgIpc) is 2.36. The van der Waals surface area contributed by atoms with Gasteiger partial charge in [-0.05, 0) is 30.8 Å². The maximum atomic E-state index is 11.6. The van der Waals surface area contributed by atoms with Crippen LogP contribution in [0.1, 0.15) is 17.5 Å². The van der Waals surface area contributed by atoms with Gasteiger partial charge < -0.3 is 9.64 Å². The number of nitrogens with zero attached hydrogens (tertiary/aromatic N) is 1. The van der Waals surface area contributed by atoms with E-state index in [1.54, 1.807) is 11.0 Å². The van der Waals surface area contributed by atoms with Crippen molar-refractivity contribution in [2.45, 2.75) is 13.3 Å². The second-order valence-electron chi connectivity index (χ2n) is 4.47. The van der Waals surface area contributed by atoms with Crippen molar-refractivity contribution in [2.75, 3.05) is 20.7 Å². The number of hydrogen-bond acceptors (Lipinski definition) is 3. The Balaban J connectivity index is 2.37. The van der Waals surface area contributed by atoms with Gasteiger partial charge in [0.1, 0.15) is 0 Å². The number of rotatable bonds is 5. The molecule has 0 amide bonds. The van der Waals surface area contributed by atoms with Crippen molar-refractivity contribution in [2.24, 2.45) is 0 Å². The van der Waals surface area contributed by atoms with E-state index in [1.165, 1.54) is 5.56 Å². The van der Waals surface area contributed by atoms with Crippen LogP contribution in [-0.2, 0) is 9.53 Å². The highest BCUT2D eigenvalue weighted by Gasteiger charge is 2.02. The number of benzene rings is 1. The fourth-order valence-corrected chi connectivity index (χ4v) is 1.50. The third-order valence-electron chi connectivity index (χ3n) is 2.44. The summed E-state index contributed by atoms with van der Waals surface area (Å²) in [4.78, 5) is 13.3. The van der Waals surface area contributed by atoms with Crippen molar-refractivity contribution in [1.82, 2.24) is 4.90 Å². The topological polar surface area (TPSA) is 29.5 Å². The SMILES string of the molecule is Cc1cccc(C=CC(=O)CCOC(=S)N(C)C)c1. The van der Waals surface area contributed by atoms with Crippen LogP contribution >= 0.6 is 12.2 Å². The summed E-state index contributed by atoms with van der Waals surface area (Å²) in [5, 5.41) is 0.399. The van der Waals surface area contributed by atoms with E-state index in [1.807, 2.05) is 51.4 Å². The van der Waals surface area contributed by atoms with Crippen LogP contribution in [0.15, 0.2) is 30.3 Å². The lowest BCUT2D eigenvalue weighted by molar-refractivity contribution is -0.115. The smallest absolute Gasteiger partial charge is 0.258 e. The van der Waals surface area contributed by atoms with Crippen LogP contribution in [0.2, 0.25) is 0 Å². The number of hydrogen-bond donors (Lipinski definition) is 0. The van der Waals surface area contributed by atoms with Crippen molar-refractivity contribution in [1.29, 1.82) is 0 Å². The third kappa shape index (κ3) is 6.15. The molecule has 0 fully saturated rings. The lowest BCUT2D eigenvalue weighted by Crippen LogP contribution is -2.23. The first kappa shape index (κ1) is 15.4. The molecule has 1 aromatic rings. The van der Waals surface area contributed by atoms with Crippen LogP contribution in [0, 0.1) is 6.92 Å². The van der Waals surface area contributed by atoms with Gasteiger partial charge in [0.25, 0.3) is 5.17 Å². The quantitative estimate of drug-likeness (QED) is 0.611. The fourth-order valence-electron chi connectivity index (χ4n) is 1.41. The van der Waals surface area contributed by atoms with Gasteiger partial charge in [0.15, 0.2) is 5.78 Å². The Morgan fingerprint density at radius 1 is 1.42 bits per heavy atom. The molecule has 0 aliphatic heterocycles. The number of ketones is 1. The summed E-state index contributed by atoms with van der Waals surface area (Å²) >= 11 is 4.96. The minimum absolute atomic E-state index is 0.0306. The number of carbonyl (C=O) groups is 1. The van der Waals surface area contributed by atoms with E-state index in [0.717, 1.165) is 5.56 Å². The van der Waals surface area contributed by atoms with Gasteiger partial charge >= 0.3 is 0 Å². The Morgan fingerprint density at radius 2 is 2.16 bits per heavy atom. The van der Waals surface area contributed by atoms with Gasteiger partial charge in [-0.3, -0.25) is 4.79 Å². The second kappa shape index (κ2) is 7.69. The molecule has 0 aliphatic rings. The Hall–Kier alpha value is -1.68. The molecule has 3 nitrogen and oxygen atoms in total. The van der Waals surface area contributed by atoms with Gasteiger partial charge in [-0.1, -0.05) is 35.9 Å². The predicted molar refractivity (Wildman–Crippen MR) is 82.1 cm³/mol. The molecule has 0 atom stereocenters. The molecule has 0 aromatic heterocycles. The molecule has 19 heavy (non-hydrogen) atoms. The molecule has 0 saturated carbocycles. The van der Waals surface area contributed by atoms with E-state index >= 15 is 0 Å². The van der Waals surface area contributed by atoms with E-state index in [0.29, 0.717) is 18.2 Å². The van der Waals surface area contributed by atoms with Crippen molar-refractivity contribution in [3.05, 3.63) is 41.5 Å². The Kier molecular flexibility index (Phi) is 6.22. The Labute approximate surface area is 119 Å². The zero-order chi connectivity index (χ0) is 14.3. The second-order valence-corrected chi connectivity index (χ2v) is 4.82. The average molecular weight is 277 g/mol. The summed E-state index contributed by atoms with van der Waals surface area (Å²) in [5.41, 5.74) is 2.20. The van der Waals surface area contributed by atoms with Crippen LogP contribution in [0.3, 0.4) is 0 Å². The van der Waals surface area contributed by atoms with Gasteiger partial charge in [0.2, 0.25) is 0 Å². The fraction of sp³-hybridized carbons (Fsp3) is 0.333. The van der Waals surface area contributed by atoms with Crippen LogP contribution in [0.25, 0.3) is 6.08 Å². The summed E-state index contributed by atoms with van der Waals surface area (Å²) in [6, 6.07) is 7.99. The largest absolute Gasteiger partial charge is 0.470 e. The zero-order valence-electron chi connectivity index (χ0n) is 11.6. The summed E-state index contributed by atoms with van der Waals surface area (Å²) in [6.07, 6.45) is 3.73. The van der Waals surface area contributed by atoms with E-state index in [4.69, 9.17) is 17.0 Å². The van der Waals surface area contributed by atoms with E-state index in [9.17, 15) is 4.79 Å². The van der Waals surface area contributed by atoms with Crippen LogP contribution < -0.4 is 0 Å². The van der Waals surface area contributed by atoms with E-state index in [-0.39, 0.29) is 5.78 Å². The molecular weight excluding hydrogens is 258 g/mol. The molecule has 4 heteroatoms. The lowest BCUT2D eigenvalue weighted by atomic mass is 10.1. The molecule has 0 radical (unpaired) electrons. The first-order chi connectivity index (χ1) is 8.99. The highest BCUT2D eigenvalue weighted by atomic mass is 32.1. The molecule has 1 aromatic carbocycles. The minimum atomic E-state index is 0.0306. The molecule has 0 bridgehead atoms. The Bertz CT molecular complexity index is 481. The van der Waals surface area contributed by atoms with Gasteiger partial charge in [-0.15, -0.1) is 0 Å². The summed E-state index contributed by atoms with van der Waals surface area (Å²) in [6.45, 7) is 2.34. The molecule has 1 rings (SSSR count). The molecule has 0 spiro atoms. The van der Waals surface area contributed by atoms with E-state index in [2.05, 4.69) is 0 Å². The molecule has 0 heterocycles. The molecule has 0 saturated heterocycles. The number of thiocarbonyl (C=S) groups is 1. The maximum absolute atomic E-state index is 11.6. The van der Waals surface area contributed by atoms with Crippen molar-refractivity contribution >= 4 is 29.3 Å². The normalized spacial score (nSPS) is 10.5. The number of ether oxygens (including phenoxy) is 1. The number of aryl methyl sites for hydroxylation is 1. The first-order valence-corrected chi connectivity index (χ1v) is 6.51. The van der Waals surface area contributed by atoms with Crippen molar-refractivity contribution < 1.29 is 9.53 Å². The minimum Gasteiger partial charge on any atom is -0.470 e. The molecule has 0 aliphatic carbocycles. The molecule has 0 unspecified atom stereocenters. The molecule has 0 N–H and O–H groups in total. The van der Waals surface area contributed by atoms with Gasteiger partial charge in [0, 0.05) is 20.5 Å². The van der Waals surface area contributed by atoms with Crippen LogP contribution in [0.4, 0.5) is 0 Å². The highest BCUT2D eigenvalue weighted by Crippen LogP contribution is 2.06. The first-order valence-electron chi connectivity index (χ1n) is 6.10. The van der Waals surface area contributed by atoms with E-state index < -0.39 is 0 Å². The van der Waals surface area contributed by atoms with Gasteiger partial charge in [-0.2, -0.15) is 0 Å². The third-order valence-corrected chi connectivity index (χ3v) is 2.93. The van der Waals surface area contributed by atoms with Gasteiger partial charge in [-0.25, -0.2) is 0 Å². The van der Waals surface area contributed by atoms with Crippen molar-refractivity contribution in [3.8, 4) is 0 Å². The maximum Gasteiger partial charge on any atom is 0.258 e. The number of carbonyl (C=O) groups excluding carboxylic acids is 1. The molecule has 102 valence electrons. The monoisotopic (exact) mass is 277 g/mol. The summed E-state index contributed by atoms with van der Waals surface area (Å²) in [7, 11) is 3.61. The standard InChI is InChI=1S/C15H19NO2S/c1-12-5-4-6-13(11-12)7-8-14(17)9-10-18-15(19)16(2)3/h4-8,11H,9-10H2,1-3H3. The number of allylic oxidation sites excluding steroid dienone is 1. The molecular formula is C15H19NO2S. The summed E-state index contributed by atoms with van der Waals surface area (Å²) < 4.78 is 5.25. The summed E-state index contributed by atoms with van der Waals surface area (Å²) in [5.74, 6) is 0.0306. The van der Waals surface area contributed by atoms with Crippen molar-refractivity contribution in [3.63, 3.8) is 0 Å². The Morgan fingerprint density at radius 3 is 2.79 bits per heavy atom. The lowest BCUT2D eigenvalue weighted by Gasteiger charge is -2.13.